The van der Waals surface area contributed by atoms with Crippen LogP contribution in [0.3, 0.4) is 0 Å². The molecule has 0 saturated carbocycles. The van der Waals surface area contributed by atoms with Gasteiger partial charge >= 0.3 is 0 Å². The third kappa shape index (κ3) is 5.83. The number of amides is 2. The minimum absolute atomic E-state index is 0.192. The molecule has 2 rings (SSSR count). The SMILES string of the molecule is CCc1ccc(C(C)COc2ccc(CC(C)(SC)C(=O)NC=O)cc2)nc1. The number of benzene rings is 1. The zero-order chi connectivity index (χ0) is 20.6. The summed E-state index contributed by atoms with van der Waals surface area (Å²) in [6, 6.07) is 11.9. The zero-order valence-corrected chi connectivity index (χ0v) is 17.7. The van der Waals surface area contributed by atoms with Gasteiger partial charge in [-0.1, -0.05) is 32.0 Å². The third-order valence-corrected chi connectivity index (χ3v) is 6.08. The highest BCUT2D eigenvalue weighted by Gasteiger charge is 2.32. The summed E-state index contributed by atoms with van der Waals surface area (Å²) in [6.07, 6.45) is 5.73. The molecular weight excluding hydrogens is 372 g/mol. The number of rotatable bonds is 10. The Morgan fingerprint density at radius 2 is 1.93 bits per heavy atom. The van der Waals surface area contributed by atoms with Crippen molar-refractivity contribution in [1.82, 2.24) is 10.3 Å². The van der Waals surface area contributed by atoms with Crippen LogP contribution in [0.5, 0.6) is 5.75 Å². The predicted octanol–water partition coefficient (Wildman–Crippen LogP) is 3.76. The maximum absolute atomic E-state index is 12.1. The van der Waals surface area contributed by atoms with Gasteiger partial charge in [0.1, 0.15) is 5.75 Å². The fourth-order valence-corrected chi connectivity index (χ4v) is 3.34. The highest BCUT2D eigenvalue weighted by molar-refractivity contribution is 8.00. The number of thioether (sulfide) groups is 1. The number of hydrogen-bond donors (Lipinski definition) is 1. The van der Waals surface area contributed by atoms with Gasteiger partial charge in [-0.3, -0.25) is 19.9 Å². The number of imide groups is 1. The molecule has 0 aliphatic rings. The maximum atomic E-state index is 12.1. The molecule has 1 aromatic carbocycles. The largest absolute Gasteiger partial charge is 0.493 e. The molecule has 0 spiro atoms. The van der Waals surface area contributed by atoms with Gasteiger partial charge in [0.25, 0.3) is 0 Å². The average Bonchev–Trinajstić information content (AvgIpc) is 2.73. The monoisotopic (exact) mass is 400 g/mol. The number of carbonyl (C=O) groups excluding carboxylic acids is 2. The van der Waals surface area contributed by atoms with Crippen molar-refractivity contribution in [2.75, 3.05) is 12.9 Å². The van der Waals surface area contributed by atoms with Gasteiger partial charge in [-0.05, 0) is 55.3 Å². The summed E-state index contributed by atoms with van der Waals surface area (Å²) in [6.45, 7) is 6.59. The van der Waals surface area contributed by atoms with Gasteiger partial charge in [-0.25, -0.2) is 0 Å². The fraction of sp³-hybridized carbons (Fsp3) is 0.409. The second-order valence-corrected chi connectivity index (χ2v) is 8.31. The standard InChI is InChI=1S/C22H28N2O3S/c1-5-17-8-11-20(23-13-17)16(2)14-27-19-9-6-18(7-10-19)12-22(3,28-4)21(26)24-15-25/h6-11,13,15-16H,5,12,14H2,1-4H3,(H,24,25,26). The first-order valence-corrected chi connectivity index (χ1v) is 10.6. The lowest BCUT2D eigenvalue weighted by Crippen LogP contribution is -2.42. The van der Waals surface area contributed by atoms with Crippen molar-refractivity contribution in [1.29, 1.82) is 0 Å². The van der Waals surface area contributed by atoms with E-state index in [1.165, 1.54) is 17.3 Å². The quantitative estimate of drug-likeness (QED) is 0.615. The Kier molecular flexibility index (Phi) is 8.05. The lowest BCUT2D eigenvalue weighted by Gasteiger charge is -2.25. The van der Waals surface area contributed by atoms with E-state index in [2.05, 4.69) is 36.3 Å². The molecule has 1 heterocycles. The van der Waals surface area contributed by atoms with E-state index >= 15 is 0 Å². The second kappa shape index (κ2) is 10.3. The highest BCUT2D eigenvalue weighted by Crippen LogP contribution is 2.28. The van der Waals surface area contributed by atoms with Gasteiger partial charge in [-0.15, -0.1) is 11.8 Å². The van der Waals surface area contributed by atoms with Crippen LogP contribution in [0.25, 0.3) is 0 Å². The van der Waals surface area contributed by atoms with Crippen molar-refractivity contribution in [2.24, 2.45) is 0 Å². The maximum Gasteiger partial charge on any atom is 0.242 e. The predicted molar refractivity (Wildman–Crippen MR) is 114 cm³/mol. The van der Waals surface area contributed by atoms with E-state index in [9.17, 15) is 9.59 Å². The summed E-state index contributed by atoms with van der Waals surface area (Å²) in [5, 5.41) is 2.25. The van der Waals surface area contributed by atoms with Crippen LogP contribution in [-0.2, 0) is 22.4 Å². The van der Waals surface area contributed by atoms with E-state index in [-0.39, 0.29) is 11.8 Å². The summed E-state index contributed by atoms with van der Waals surface area (Å²) in [5.74, 6) is 0.687. The van der Waals surface area contributed by atoms with E-state index in [4.69, 9.17) is 4.74 Å². The van der Waals surface area contributed by atoms with E-state index in [0.717, 1.165) is 23.4 Å². The molecule has 0 fully saturated rings. The Bertz CT molecular complexity index is 777. The molecule has 2 atom stereocenters. The van der Waals surface area contributed by atoms with Gasteiger partial charge in [0.2, 0.25) is 12.3 Å². The molecule has 0 aliphatic carbocycles. The summed E-state index contributed by atoms with van der Waals surface area (Å²) in [5.41, 5.74) is 3.26. The van der Waals surface area contributed by atoms with E-state index in [0.29, 0.717) is 19.4 Å². The molecule has 1 N–H and O–H groups in total. The Labute approximate surface area is 171 Å². The Morgan fingerprint density at radius 1 is 1.25 bits per heavy atom. The van der Waals surface area contributed by atoms with Crippen molar-refractivity contribution >= 4 is 24.1 Å². The van der Waals surface area contributed by atoms with Crippen LogP contribution in [-0.4, -0.2) is 34.9 Å². The van der Waals surface area contributed by atoms with Gasteiger partial charge in [0.15, 0.2) is 0 Å². The van der Waals surface area contributed by atoms with Gasteiger partial charge in [0, 0.05) is 17.8 Å². The van der Waals surface area contributed by atoms with Crippen LogP contribution < -0.4 is 10.1 Å². The zero-order valence-electron chi connectivity index (χ0n) is 16.9. The van der Waals surface area contributed by atoms with Crippen molar-refractivity contribution in [2.45, 2.75) is 44.3 Å². The number of pyridine rings is 1. The molecule has 2 amide bonds. The molecule has 6 heteroatoms. The number of hydrogen-bond acceptors (Lipinski definition) is 5. The fourth-order valence-electron chi connectivity index (χ4n) is 2.79. The second-order valence-electron chi connectivity index (χ2n) is 7.00. The number of ether oxygens (including phenoxy) is 1. The van der Waals surface area contributed by atoms with Crippen LogP contribution >= 0.6 is 11.8 Å². The van der Waals surface area contributed by atoms with Crippen molar-refractivity contribution in [3.05, 3.63) is 59.4 Å². The first-order chi connectivity index (χ1) is 13.4. The molecule has 0 aliphatic heterocycles. The molecular formula is C22H28N2O3S. The third-order valence-electron chi connectivity index (χ3n) is 4.85. The van der Waals surface area contributed by atoms with Crippen molar-refractivity contribution in [3.63, 3.8) is 0 Å². The van der Waals surface area contributed by atoms with Crippen molar-refractivity contribution in [3.8, 4) is 5.75 Å². The summed E-state index contributed by atoms with van der Waals surface area (Å²) >= 11 is 1.42. The highest BCUT2D eigenvalue weighted by atomic mass is 32.2. The number of nitrogens with zero attached hydrogens (tertiary/aromatic N) is 1. The smallest absolute Gasteiger partial charge is 0.242 e. The topological polar surface area (TPSA) is 68.3 Å². The molecule has 2 aromatic rings. The van der Waals surface area contributed by atoms with Gasteiger partial charge in [-0.2, -0.15) is 0 Å². The molecule has 0 saturated heterocycles. The normalized spacial score (nSPS) is 14.0. The first kappa shape index (κ1) is 22.0. The molecule has 0 radical (unpaired) electrons. The summed E-state index contributed by atoms with van der Waals surface area (Å²) < 4.78 is 5.21. The Hall–Kier alpha value is -2.34. The summed E-state index contributed by atoms with van der Waals surface area (Å²) in [7, 11) is 0. The Morgan fingerprint density at radius 3 is 2.46 bits per heavy atom. The number of nitrogens with one attached hydrogen (secondary N) is 1. The van der Waals surface area contributed by atoms with Gasteiger partial charge in [0.05, 0.1) is 11.4 Å². The van der Waals surface area contributed by atoms with Crippen LogP contribution in [0.4, 0.5) is 0 Å². The van der Waals surface area contributed by atoms with Crippen LogP contribution in [0.15, 0.2) is 42.6 Å². The van der Waals surface area contributed by atoms with E-state index in [1.54, 1.807) is 0 Å². The molecule has 5 nitrogen and oxygen atoms in total. The first-order valence-electron chi connectivity index (χ1n) is 9.38. The van der Waals surface area contributed by atoms with Crippen LogP contribution in [0.2, 0.25) is 0 Å². The van der Waals surface area contributed by atoms with Crippen molar-refractivity contribution < 1.29 is 14.3 Å². The lowest BCUT2D eigenvalue weighted by molar-refractivity contribution is -0.126. The molecule has 150 valence electrons. The van der Waals surface area contributed by atoms with E-state index < -0.39 is 4.75 Å². The van der Waals surface area contributed by atoms with Crippen LogP contribution in [0, 0.1) is 0 Å². The molecule has 2 unspecified atom stereocenters. The Balaban J connectivity index is 1.94. The van der Waals surface area contributed by atoms with E-state index in [1.807, 2.05) is 43.6 Å². The minimum atomic E-state index is -0.700. The van der Waals surface area contributed by atoms with Gasteiger partial charge < -0.3 is 4.74 Å². The average molecular weight is 401 g/mol. The molecule has 0 bridgehead atoms. The lowest BCUT2D eigenvalue weighted by atomic mass is 9.99. The molecule has 28 heavy (non-hydrogen) atoms. The number of aryl methyl sites for hydroxylation is 1. The number of aromatic nitrogens is 1. The van der Waals surface area contributed by atoms with Crippen LogP contribution in [0.1, 0.15) is 43.5 Å². The minimum Gasteiger partial charge on any atom is -0.493 e. The summed E-state index contributed by atoms with van der Waals surface area (Å²) in [4.78, 5) is 27.2. The molecule has 1 aromatic heterocycles. The number of carbonyl (C=O) groups is 2.